The fraction of sp³-hybridized carbons (Fsp3) is 0.396. The number of hydrogen-bond donors (Lipinski definition) is 2. The molecule has 3 atom stereocenters. The molecule has 2 N–H and O–H groups in total. The highest BCUT2D eigenvalue weighted by Crippen LogP contribution is 2.41. The van der Waals surface area contributed by atoms with E-state index in [0.717, 1.165) is 76.1 Å². The third kappa shape index (κ3) is 9.12. The minimum atomic E-state index is -1.25. The zero-order chi connectivity index (χ0) is 42.8. The van der Waals surface area contributed by atoms with Gasteiger partial charge in [0.2, 0.25) is 5.91 Å². The first-order valence-electron chi connectivity index (χ1n) is 20.9. The second-order valence-corrected chi connectivity index (χ2v) is 16.4. The number of carboxylic acid groups (broad SMARTS) is 1. The van der Waals surface area contributed by atoms with E-state index in [2.05, 4.69) is 15.3 Å². The molecule has 61 heavy (non-hydrogen) atoms. The third-order valence-electron chi connectivity index (χ3n) is 12.4. The lowest BCUT2D eigenvalue weighted by molar-refractivity contribution is -0.142. The molecular formula is C48H52N4O9. The number of hydrogen-bond acceptors (Lipinski definition) is 10. The van der Waals surface area contributed by atoms with Crippen molar-refractivity contribution in [3.8, 4) is 28.4 Å². The molecule has 13 heteroatoms. The largest absolute Gasteiger partial charge is 0.493 e. The molecule has 5 aromatic rings. The van der Waals surface area contributed by atoms with Gasteiger partial charge in [-0.15, -0.1) is 0 Å². The predicted octanol–water partition coefficient (Wildman–Crippen LogP) is 7.45. The first kappa shape index (κ1) is 41.5. The van der Waals surface area contributed by atoms with Gasteiger partial charge in [-0.25, -0.2) is 9.78 Å². The van der Waals surface area contributed by atoms with Crippen molar-refractivity contribution in [1.29, 1.82) is 0 Å². The quantitative estimate of drug-likeness (QED) is 0.129. The van der Waals surface area contributed by atoms with Gasteiger partial charge in [0.15, 0.2) is 29.2 Å². The van der Waals surface area contributed by atoms with E-state index in [4.69, 9.17) is 23.4 Å². The van der Waals surface area contributed by atoms with Gasteiger partial charge < -0.3 is 38.7 Å². The highest BCUT2D eigenvalue weighted by atomic mass is 16.6. The summed E-state index contributed by atoms with van der Waals surface area (Å²) in [6.45, 7) is 8.28. The highest BCUT2D eigenvalue weighted by Gasteiger charge is 2.39. The number of rotatable bonds is 12. The minimum absolute atomic E-state index is 0.0419. The summed E-state index contributed by atoms with van der Waals surface area (Å²) in [4.78, 5) is 51.2. The topological polar surface area (TPSA) is 163 Å². The van der Waals surface area contributed by atoms with E-state index in [1.165, 1.54) is 4.90 Å². The van der Waals surface area contributed by atoms with Gasteiger partial charge in [-0.3, -0.25) is 14.6 Å². The molecular weight excluding hydrogens is 777 g/mol. The number of carboxylic acids is 1. The third-order valence-corrected chi connectivity index (χ3v) is 12.4. The average Bonchev–Trinajstić information content (AvgIpc) is 3.62. The van der Waals surface area contributed by atoms with Gasteiger partial charge in [-0.2, -0.15) is 0 Å². The lowest BCUT2D eigenvalue weighted by Gasteiger charge is -2.37. The van der Waals surface area contributed by atoms with Gasteiger partial charge >= 0.3 is 5.97 Å². The number of aromatic nitrogens is 2. The summed E-state index contributed by atoms with van der Waals surface area (Å²) in [6, 6.07) is 18.9. The Morgan fingerprint density at radius 1 is 0.934 bits per heavy atom. The van der Waals surface area contributed by atoms with Crippen molar-refractivity contribution in [1.82, 2.24) is 20.2 Å². The normalized spacial score (nSPS) is 20.0. The average molecular weight is 829 g/mol. The number of oxazole rings is 1. The molecule has 4 heterocycles. The summed E-state index contributed by atoms with van der Waals surface area (Å²) < 4.78 is 30.0. The van der Waals surface area contributed by atoms with Crippen LogP contribution in [0.25, 0.3) is 11.1 Å². The second-order valence-electron chi connectivity index (χ2n) is 16.4. The lowest BCUT2D eigenvalue weighted by Crippen LogP contribution is -2.56. The number of fused-ring (bicyclic) bond motifs is 2. The number of carbonyl (C=O) groups excluding carboxylic acids is 2. The molecule has 3 aliphatic rings. The van der Waals surface area contributed by atoms with E-state index in [1.54, 1.807) is 27.2 Å². The molecule has 0 spiro atoms. The van der Waals surface area contributed by atoms with Crippen LogP contribution in [0.5, 0.6) is 17.2 Å². The van der Waals surface area contributed by atoms with Gasteiger partial charge in [-0.1, -0.05) is 36.4 Å². The van der Waals surface area contributed by atoms with Crippen LogP contribution in [0.15, 0.2) is 77.3 Å². The van der Waals surface area contributed by atoms with E-state index >= 15 is 0 Å². The monoisotopic (exact) mass is 828 g/mol. The van der Waals surface area contributed by atoms with Crippen LogP contribution < -0.4 is 19.5 Å². The first-order valence-corrected chi connectivity index (χ1v) is 20.9. The zero-order valence-corrected chi connectivity index (χ0v) is 35.2. The van der Waals surface area contributed by atoms with Crippen LogP contribution in [0.1, 0.15) is 87.4 Å². The van der Waals surface area contributed by atoms with Crippen LogP contribution >= 0.6 is 0 Å². The molecule has 1 fully saturated rings. The Kier molecular flexibility index (Phi) is 12.1. The summed E-state index contributed by atoms with van der Waals surface area (Å²) in [5.74, 6) is 0.749. The second kappa shape index (κ2) is 17.8. The predicted molar refractivity (Wildman–Crippen MR) is 226 cm³/mol. The van der Waals surface area contributed by atoms with Crippen LogP contribution in [-0.4, -0.2) is 76.3 Å². The molecule has 0 unspecified atom stereocenters. The summed E-state index contributed by atoms with van der Waals surface area (Å²) in [6.07, 6.45) is 6.23. The molecule has 0 bridgehead atoms. The number of pyridine rings is 1. The number of nitrogens with zero attached hydrogens (tertiary/aromatic N) is 3. The fourth-order valence-electron chi connectivity index (χ4n) is 8.63. The van der Waals surface area contributed by atoms with Crippen molar-refractivity contribution in [2.45, 2.75) is 97.1 Å². The van der Waals surface area contributed by atoms with Gasteiger partial charge in [0.1, 0.15) is 30.2 Å². The Morgan fingerprint density at radius 2 is 1.67 bits per heavy atom. The lowest BCUT2D eigenvalue weighted by atomic mass is 9.88. The first-order chi connectivity index (χ1) is 29.4. The van der Waals surface area contributed by atoms with Crippen molar-refractivity contribution in [3.05, 3.63) is 124 Å². The Morgan fingerprint density at radius 3 is 2.36 bits per heavy atom. The van der Waals surface area contributed by atoms with Crippen LogP contribution in [0, 0.1) is 33.6 Å². The summed E-state index contributed by atoms with van der Waals surface area (Å²) in [5.41, 5.74) is 7.36. The number of methoxy groups -OCH3 is 1. The van der Waals surface area contributed by atoms with Gasteiger partial charge in [0.25, 0.3) is 5.91 Å². The Labute approximate surface area is 355 Å². The van der Waals surface area contributed by atoms with Crippen molar-refractivity contribution in [3.63, 3.8) is 0 Å². The van der Waals surface area contributed by atoms with Crippen molar-refractivity contribution >= 4 is 17.8 Å². The number of carbonyl (C=O) groups is 3. The van der Waals surface area contributed by atoms with E-state index in [9.17, 15) is 19.5 Å². The Hall–Kier alpha value is -6.21. The van der Waals surface area contributed by atoms with Gasteiger partial charge in [0.05, 0.1) is 12.7 Å². The van der Waals surface area contributed by atoms with Crippen molar-refractivity contribution in [2.75, 3.05) is 20.3 Å². The molecule has 1 aliphatic carbocycles. The van der Waals surface area contributed by atoms with Crippen LogP contribution in [0.2, 0.25) is 0 Å². The standard InChI is InChI=1S/C48H52N4O9/c1-27-28(2)49-19-18-39(27)33-10-6-31(7-11-33)20-40(48(55)56)51-46(53)41-21-35-22-42-43(23-36(35)24-52(41)47(54)45-29(3)60-30(4)50-45)61-44(26-59-42)34-12-16-38(17-13-34)58-25-32-8-14-37(57-5)15-9-32/h6-7,10-13,16-19,22-23,32,37,40-41,44H,8-9,14-15,20-21,24-26H2,1-5H3,(H,51,53)(H,55,56)/t32?,37?,40-,41-,44+/m0/s1. The van der Waals surface area contributed by atoms with E-state index < -0.39 is 29.9 Å². The summed E-state index contributed by atoms with van der Waals surface area (Å²) in [5, 5.41) is 13.1. The molecule has 2 amide bonds. The molecule has 1 saturated carbocycles. The maximum Gasteiger partial charge on any atom is 0.326 e. The number of nitrogens with one attached hydrogen (secondary N) is 1. The molecule has 2 aromatic heterocycles. The fourth-order valence-corrected chi connectivity index (χ4v) is 8.63. The summed E-state index contributed by atoms with van der Waals surface area (Å²) in [7, 11) is 1.78. The Bertz CT molecular complexity index is 2400. The van der Waals surface area contributed by atoms with E-state index in [0.29, 0.717) is 41.8 Å². The number of aliphatic carboxylic acids is 1. The van der Waals surface area contributed by atoms with Gasteiger partial charge in [-0.05, 0) is 122 Å². The van der Waals surface area contributed by atoms with E-state index in [-0.39, 0.29) is 37.8 Å². The molecule has 13 nitrogen and oxygen atoms in total. The van der Waals surface area contributed by atoms with Crippen LogP contribution in [-0.2, 0) is 33.7 Å². The molecule has 0 saturated heterocycles. The number of benzene rings is 3. The molecule has 0 radical (unpaired) electrons. The van der Waals surface area contributed by atoms with Crippen LogP contribution in [0.3, 0.4) is 0 Å². The van der Waals surface area contributed by atoms with E-state index in [1.807, 2.05) is 80.6 Å². The minimum Gasteiger partial charge on any atom is -0.493 e. The maximum absolute atomic E-state index is 14.2. The molecule has 318 valence electrons. The molecule has 3 aromatic carbocycles. The molecule has 8 rings (SSSR count). The highest BCUT2D eigenvalue weighted by molar-refractivity contribution is 5.98. The SMILES string of the molecule is COC1CCC(COc2ccc([C@H]3COc4cc5c(cc4O3)CN(C(=O)c3nc(C)oc3C)[C@H](C(=O)N[C@@H](Cc3ccc(-c4ccnc(C)c4C)cc3)C(=O)O)C5)cc2)CC1. The zero-order valence-electron chi connectivity index (χ0n) is 35.2. The summed E-state index contributed by atoms with van der Waals surface area (Å²) >= 11 is 0. The number of aryl methyl sites for hydroxylation is 3. The maximum atomic E-state index is 14.2. The number of amides is 2. The Balaban J connectivity index is 0.976. The molecule has 2 aliphatic heterocycles. The van der Waals surface area contributed by atoms with Crippen molar-refractivity contribution < 1.29 is 42.9 Å². The number of ether oxygens (including phenoxy) is 4. The van der Waals surface area contributed by atoms with Gasteiger partial charge in [0, 0.05) is 45.3 Å². The van der Waals surface area contributed by atoms with Crippen molar-refractivity contribution in [2.24, 2.45) is 5.92 Å². The van der Waals surface area contributed by atoms with Crippen LogP contribution in [0.4, 0.5) is 0 Å². The smallest absolute Gasteiger partial charge is 0.326 e.